The summed E-state index contributed by atoms with van der Waals surface area (Å²) in [6.07, 6.45) is 0.00324. The lowest BCUT2D eigenvalue weighted by molar-refractivity contribution is 0.198. The zero-order valence-electron chi connectivity index (χ0n) is 9.56. The molecule has 0 aliphatic heterocycles. The fourth-order valence-electron chi connectivity index (χ4n) is 1.26. The molecule has 1 rings (SSSR count). The number of aryl methyl sites for hydroxylation is 1. The molecule has 4 nitrogen and oxygen atoms in total. The van der Waals surface area contributed by atoms with Gasteiger partial charge in [0.05, 0.1) is 11.0 Å². The second kappa shape index (κ2) is 6.35. The van der Waals surface area contributed by atoms with Crippen LogP contribution in [0.5, 0.6) is 0 Å². The first-order valence-corrected chi connectivity index (χ1v) is 7.30. The first-order valence-electron chi connectivity index (χ1n) is 5.28. The van der Waals surface area contributed by atoms with Crippen LogP contribution in [0, 0.1) is 0 Å². The van der Waals surface area contributed by atoms with Crippen molar-refractivity contribution in [2.24, 2.45) is 0 Å². The Morgan fingerprint density at radius 3 is 2.41 bits per heavy atom. The number of alkyl halides is 1. The van der Waals surface area contributed by atoms with Gasteiger partial charge in [0, 0.05) is 12.4 Å². The van der Waals surface area contributed by atoms with Gasteiger partial charge in [0.2, 0.25) is 10.0 Å². The van der Waals surface area contributed by atoms with E-state index in [9.17, 15) is 8.42 Å². The van der Waals surface area contributed by atoms with Crippen molar-refractivity contribution in [2.45, 2.75) is 24.3 Å². The molecule has 17 heavy (non-hydrogen) atoms. The van der Waals surface area contributed by atoms with E-state index in [1.807, 2.05) is 0 Å². The van der Waals surface area contributed by atoms with Gasteiger partial charge in [-0.1, -0.05) is 12.1 Å². The van der Waals surface area contributed by atoms with Gasteiger partial charge in [-0.2, -0.15) is 0 Å². The number of benzene rings is 1. The van der Waals surface area contributed by atoms with E-state index in [2.05, 4.69) is 4.72 Å². The van der Waals surface area contributed by atoms with Gasteiger partial charge < -0.3 is 5.11 Å². The van der Waals surface area contributed by atoms with Crippen molar-refractivity contribution in [2.75, 3.05) is 12.4 Å². The van der Waals surface area contributed by atoms with E-state index in [4.69, 9.17) is 16.7 Å². The van der Waals surface area contributed by atoms with Crippen molar-refractivity contribution in [3.8, 4) is 0 Å². The normalized spacial score (nSPS) is 13.6. The summed E-state index contributed by atoms with van der Waals surface area (Å²) in [6, 6.07) is 6.54. The molecule has 0 aliphatic rings. The maximum Gasteiger partial charge on any atom is 0.240 e. The summed E-state index contributed by atoms with van der Waals surface area (Å²) in [5, 5.41) is 9.04. The number of sulfonamides is 1. The molecular formula is C11H16ClNO3S. The highest BCUT2D eigenvalue weighted by Crippen LogP contribution is 2.11. The van der Waals surface area contributed by atoms with E-state index >= 15 is 0 Å². The van der Waals surface area contributed by atoms with Crippen LogP contribution >= 0.6 is 11.6 Å². The Kier molecular flexibility index (Phi) is 5.39. The maximum atomic E-state index is 11.8. The summed E-state index contributed by atoms with van der Waals surface area (Å²) in [5.74, 6) is 0.506. The minimum atomic E-state index is -3.53. The van der Waals surface area contributed by atoms with Crippen LogP contribution in [0.2, 0.25) is 0 Å². The number of rotatable bonds is 6. The lowest BCUT2D eigenvalue weighted by Crippen LogP contribution is -2.30. The number of halogens is 1. The maximum absolute atomic E-state index is 11.8. The molecule has 0 saturated carbocycles. The van der Waals surface area contributed by atoms with Crippen LogP contribution in [0.15, 0.2) is 29.2 Å². The molecule has 0 saturated heterocycles. The Labute approximate surface area is 107 Å². The van der Waals surface area contributed by atoms with Gasteiger partial charge in [-0.15, -0.1) is 11.6 Å². The standard InChI is InChI=1S/C11H16ClNO3S/c1-9(14)8-13-17(15,16)11-4-2-10(3-5-11)6-7-12/h2-5,9,13-14H,6-8H2,1H3/t9-/m0/s1. The van der Waals surface area contributed by atoms with Crippen molar-refractivity contribution in [1.82, 2.24) is 4.72 Å². The number of hydrogen-bond acceptors (Lipinski definition) is 3. The SMILES string of the molecule is C[C@H](O)CNS(=O)(=O)c1ccc(CCCl)cc1. The van der Waals surface area contributed by atoms with Crippen molar-refractivity contribution in [3.05, 3.63) is 29.8 Å². The summed E-state index contributed by atoms with van der Waals surface area (Å²) in [4.78, 5) is 0.191. The highest BCUT2D eigenvalue weighted by molar-refractivity contribution is 7.89. The van der Waals surface area contributed by atoms with Gasteiger partial charge >= 0.3 is 0 Å². The van der Waals surface area contributed by atoms with Crippen LogP contribution in [0.1, 0.15) is 12.5 Å². The van der Waals surface area contributed by atoms with Crippen molar-refractivity contribution < 1.29 is 13.5 Å². The molecular weight excluding hydrogens is 262 g/mol. The molecule has 2 N–H and O–H groups in total. The van der Waals surface area contributed by atoms with E-state index < -0.39 is 16.1 Å². The van der Waals surface area contributed by atoms with E-state index in [0.29, 0.717) is 12.3 Å². The van der Waals surface area contributed by atoms with Crippen molar-refractivity contribution in [1.29, 1.82) is 0 Å². The van der Waals surface area contributed by atoms with E-state index in [0.717, 1.165) is 5.56 Å². The van der Waals surface area contributed by atoms with E-state index in [1.165, 1.54) is 19.1 Å². The van der Waals surface area contributed by atoms with Crippen LogP contribution in [-0.2, 0) is 16.4 Å². The third-order valence-corrected chi connectivity index (χ3v) is 3.81. The monoisotopic (exact) mass is 277 g/mol. The third kappa shape index (κ3) is 4.63. The van der Waals surface area contributed by atoms with Gasteiger partial charge in [0.1, 0.15) is 0 Å². The second-order valence-electron chi connectivity index (χ2n) is 3.78. The number of hydrogen-bond donors (Lipinski definition) is 2. The molecule has 0 heterocycles. The fraction of sp³-hybridized carbons (Fsp3) is 0.455. The molecule has 0 bridgehead atoms. The predicted molar refractivity (Wildman–Crippen MR) is 67.7 cm³/mol. The molecule has 0 spiro atoms. The van der Waals surface area contributed by atoms with Crippen LogP contribution in [0.25, 0.3) is 0 Å². The molecule has 0 amide bonds. The minimum absolute atomic E-state index is 0.00572. The molecule has 0 aromatic heterocycles. The highest BCUT2D eigenvalue weighted by Gasteiger charge is 2.13. The molecule has 0 unspecified atom stereocenters. The molecule has 96 valence electrons. The molecule has 1 aromatic rings. The Bertz CT molecular complexity index is 442. The van der Waals surface area contributed by atoms with Gasteiger partial charge in [-0.25, -0.2) is 13.1 Å². The number of nitrogens with one attached hydrogen (secondary N) is 1. The van der Waals surface area contributed by atoms with Gasteiger partial charge in [-0.05, 0) is 31.0 Å². The molecule has 1 atom stereocenters. The van der Waals surface area contributed by atoms with Crippen molar-refractivity contribution >= 4 is 21.6 Å². The second-order valence-corrected chi connectivity index (χ2v) is 5.93. The molecule has 6 heteroatoms. The van der Waals surface area contributed by atoms with Gasteiger partial charge in [0.15, 0.2) is 0 Å². The summed E-state index contributed by atoms with van der Waals surface area (Å²) >= 11 is 5.59. The Balaban J connectivity index is 2.77. The third-order valence-electron chi connectivity index (χ3n) is 2.19. The highest BCUT2D eigenvalue weighted by atomic mass is 35.5. The number of aliphatic hydroxyl groups excluding tert-OH is 1. The van der Waals surface area contributed by atoms with Crippen molar-refractivity contribution in [3.63, 3.8) is 0 Å². The van der Waals surface area contributed by atoms with Crippen LogP contribution in [0.4, 0.5) is 0 Å². The summed E-state index contributed by atoms with van der Waals surface area (Å²) < 4.78 is 25.8. The molecule has 0 aliphatic carbocycles. The first-order chi connectivity index (χ1) is 7.95. The van der Waals surface area contributed by atoms with E-state index in [1.54, 1.807) is 12.1 Å². The van der Waals surface area contributed by atoms with Crippen LogP contribution < -0.4 is 4.72 Å². The van der Waals surface area contributed by atoms with Gasteiger partial charge in [-0.3, -0.25) is 0 Å². The first kappa shape index (κ1) is 14.4. The molecule has 1 aromatic carbocycles. The average Bonchev–Trinajstić information content (AvgIpc) is 2.28. The van der Waals surface area contributed by atoms with Gasteiger partial charge in [0.25, 0.3) is 0 Å². The Morgan fingerprint density at radius 2 is 1.94 bits per heavy atom. The minimum Gasteiger partial charge on any atom is -0.392 e. The molecule has 0 fully saturated rings. The summed E-state index contributed by atoms with van der Waals surface area (Å²) in [5.41, 5.74) is 0.995. The van der Waals surface area contributed by atoms with Crippen LogP contribution in [0.3, 0.4) is 0 Å². The summed E-state index contributed by atoms with van der Waals surface area (Å²) in [6.45, 7) is 1.53. The lowest BCUT2D eigenvalue weighted by atomic mass is 10.2. The van der Waals surface area contributed by atoms with Crippen LogP contribution in [-0.4, -0.2) is 32.1 Å². The summed E-state index contributed by atoms with van der Waals surface area (Å²) in [7, 11) is -3.53. The Hall–Kier alpha value is -0.620. The zero-order chi connectivity index (χ0) is 12.9. The molecule has 0 radical (unpaired) electrons. The predicted octanol–water partition coefficient (Wildman–Crippen LogP) is 1.13. The Morgan fingerprint density at radius 1 is 1.35 bits per heavy atom. The topological polar surface area (TPSA) is 66.4 Å². The zero-order valence-corrected chi connectivity index (χ0v) is 11.1. The largest absolute Gasteiger partial charge is 0.392 e. The quantitative estimate of drug-likeness (QED) is 0.766. The average molecular weight is 278 g/mol. The fourth-order valence-corrected chi connectivity index (χ4v) is 2.60. The lowest BCUT2D eigenvalue weighted by Gasteiger charge is -2.08. The number of aliphatic hydroxyl groups is 1. The van der Waals surface area contributed by atoms with E-state index in [-0.39, 0.29) is 11.4 Å². The smallest absolute Gasteiger partial charge is 0.240 e.